The van der Waals surface area contributed by atoms with E-state index in [1.54, 1.807) is 28.0 Å². The molecule has 0 spiro atoms. The van der Waals surface area contributed by atoms with Crippen molar-refractivity contribution in [2.45, 2.75) is 25.0 Å². The van der Waals surface area contributed by atoms with Crippen LogP contribution in [-0.2, 0) is 9.53 Å². The van der Waals surface area contributed by atoms with Gasteiger partial charge in [-0.15, -0.1) is 12.4 Å². The number of piperazine rings is 1. The molecule has 0 aromatic heterocycles. The second-order valence-corrected chi connectivity index (χ2v) is 6.72. The van der Waals surface area contributed by atoms with E-state index in [0.717, 1.165) is 6.42 Å². The van der Waals surface area contributed by atoms with Crippen molar-refractivity contribution in [1.82, 2.24) is 9.80 Å². The SMILES string of the molecule is COc1cccc(C(=O)N2CCN(C(=O)[C@@H]3CC[C@H](CN)O3)CC2)c1OC.Cl. The Morgan fingerprint density at radius 3 is 2.36 bits per heavy atom. The predicted octanol–water partition coefficient (Wildman–Crippen LogP) is 0.916. The van der Waals surface area contributed by atoms with E-state index in [1.807, 2.05) is 0 Å². The second kappa shape index (κ2) is 9.95. The van der Waals surface area contributed by atoms with Crippen LogP contribution in [0.15, 0.2) is 18.2 Å². The summed E-state index contributed by atoms with van der Waals surface area (Å²) in [6.45, 7) is 2.36. The van der Waals surface area contributed by atoms with Crippen LogP contribution in [0, 0.1) is 0 Å². The summed E-state index contributed by atoms with van der Waals surface area (Å²) in [7, 11) is 3.05. The molecule has 1 aromatic rings. The fourth-order valence-electron chi connectivity index (χ4n) is 3.62. The molecule has 9 heteroatoms. The van der Waals surface area contributed by atoms with E-state index in [2.05, 4.69) is 0 Å². The third kappa shape index (κ3) is 4.51. The minimum Gasteiger partial charge on any atom is -0.493 e. The Morgan fingerprint density at radius 2 is 1.79 bits per heavy atom. The highest BCUT2D eigenvalue weighted by Gasteiger charge is 2.35. The van der Waals surface area contributed by atoms with E-state index in [1.165, 1.54) is 14.2 Å². The van der Waals surface area contributed by atoms with Gasteiger partial charge in [0.05, 0.1) is 25.9 Å². The van der Waals surface area contributed by atoms with Crippen molar-refractivity contribution in [3.05, 3.63) is 23.8 Å². The van der Waals surface area contributed by atoms with Gasteiger partial charge >= 0.3 is 0 Å². The maximum absolute atomic E-state index is 12.9. The Hall–Kier alpha value is -2.03. The molecule has 2 fully saturated rings. The molecule has 0 unspecified atom stereocenters. The highest BCUT2D eigenvalue weighted by Crippen LogP contribution is 2.31. The number of carbonyl (C=O) groups is 2. The number of para-hydroxylation sites is 1. The predicted molar refractivity (Wildman–Crippen MR) is 106 cm³/mol. The number of amides is 2. The van der Waals surface area contributed by atoms with Gasteiger partial charge in [0, 0.05) is 32.7 Å². The summed E-state index contributed by atoms with van der Waals surface area (Å²) in [5.41, 5.74) is 6.07. The molecule has 2 amide bonds. The zero-order valence-corrected chi connectivity index (χ0v) is 17.1. The minimum absolute atomic E-state index is 0. The van der Waals surface area contributed by atoms with Crippen LogP contribution in [0.3, 0.4) is 0 Å². The maximum Gasteiger partial charge on any atom is 0.257 e. The standard InChI is InChI=1S/C19H27N3O5.ClH/c1-25-15-5-3-4-14(17(15)26-2)18(23)21-8-10-22(11-9-21)19(24)16-7-6-13(12-20)27-16;/h3-5,13,16H,6-12,20H2,1-2H3;1H/t13-,16+;/m1./s1. The second-order valence-electron chi connectivity index (χ2n) is 6.72. The average molecular weight is 414 g/mol. The van der Waals surface area contributed by atoms with Crippen LogP contribution in [-0.4, -0.2) is 80.8 Å². The fraction of sp³-hybridized carbons (Fsp3) is 0.579. The number of hydrogen-bond acceptors (Lipinski definition) is 6. The molecule has 2 aliphatic rings. The summed E-state index contributed by atoms with van der Waals surface area (Å²) in [6.07, 6.45) is 1.10. The van der Waals surface area contributed by atoms with Gasteiger partial charge in [0.25, 0.3) is 11.8 Å². The largest absolute Gasteiger partial charge is 0.493 e. The van der Waals surface area contributed by atoms with Crippen LogP contribution in [0.2, 0.25) is 0 Å². The lowest BCUT2D eigenvalue weighted by Crippen LogP contribution is -2.53. The van der Waals surface area contributed by atoms with E-state index in [9.17, 15) is 9.59 Å². The van der Waals surface area contributed by atoms with Crippen molar-refractivity contribution in [3.63, 3.8) is 0 Å². The zero-order valence-electron chi connectivity index (χ0n) is 16.3. The number of rotatable bonds is 5. The average Bonchev–Trinajstić information content (AvgIpc) is 3.21. The zero-order chi connectivity index (χ0) is 19.4. The smallest absolute Gasteiger partial charge is 0.257 e. The molecule has 2 N–H and O–H groups in total. The summed E-state index contributed by atoms with van der Waals surface area (Å²) >= 11 is 0. The fourth-order valence-corrected chi connectivity index (χ4v) is 3.62. The van der Waals surface area contributed by atoms with Gasteiger partial charge in [0.2, 0.25) is 0 Å². The summed E-state index contributed by atoms with van der Waals surface area (Å²) in [5.74, 6) is 0.816. The first-order valence-electron chi connectivity index (χ1n) is 9.23. The molecule has 0 aliphatic carbocycles. The van der Waals surface area contributed by atoms with Crippen LogP contribution in [0.25, 0.3) is 0 Å². The Balaban J connectivity index is 0.00000280. The van der Waals surface area contributed by atoms with E-state index in [4.69, 9.17) is 19.9 Å². The van der Waals surface area contributed by atoms with Crippen molar-refractivity contribution in [1.29, 1.82) is 0 Å². The number of methoxy groups -OCH3 is 2. The molecule has 0 radical (unpaired) electrons. The Bertz CT molecular complexity index is 694. The number of benzene rings is 1. The molecular formula is C19H28ClN3O5. The number of carbonyl (C=O) groups excluding carboxylic acids is 2. The quantitative estimate of drug-likeness (QED) is 0.771. The lowest BCUT2D eigenvalue weighted by atomic mass is 10.1. The van der Waals surface area contributed by atoms with Crippen molar-refractivity contribution in [2.75, 3.05) is 46.9 Å². The lowest BCUT2D eigenvalue weighted by molar-refractivity contribution is -0.144. The van der Waals surface area contributed by atoms with Gasteiger partial charge < -0.3 is 29.7 Å². The summed E-state index contributed by atoms with van der Waals surface area (Å²) < 4.78 is 16.3. The first kappa shape index (κ1) is 22.3. The third-order valence-electron chi connectivity index (χ3n) is 5.16. The molecule has 2 aliphatic heterocycles. The van der Waals surface area contributed by atoms with E-state index in [-0.39, 0.29) is 30.3 Å². The van der Waals surface area contributed by atoms with Crippen molar-refractivity contribution in [2.24, 2.45) is 5.73 Å². The normalized spacial score (nSPS) is 21.8. The number of hydrogen-bond donors (Lipinski definition) is 1. The first-order chi connectivity index (χ1) is 13.1. The molecular weight excluding hydrogens is 386 g/mol. The Kier molecular flexibility index (Phi) is 7.91. The minimum atomic E-state index is -0.403. The molecule has 2 saturated heterocycles. The summed E-state index contributed by atoms with van der Waals surface area (Å²) in [5, 5.41) is 0. The van der Waals surface area contributed by atoms with Gasteiger partial charge in [-0.25, -0.2) is 0 Å². The molecule has 0 saturated carbocycles. The van der Waals surface area contributed by atoms with Gasteiger partial charge in [-0.2, -0.15) is 0 Å². The molecule has 3 rings (SSSR count). The highest BCUT2D eigenvalue weighted by atomic mass is 35.5. The van der Waals surface area contributed by atoms with Gasteiger partial charge in [0.15, 0.2) is 11.5 Å². The van der Waals surface area contributed by atoms with Crippen LogP contribution < -0.4 is 15.2 Å². The van der Waals surface area contributed by atoms with Crippen molar-refractivity contribution in [3.8, 4) is 11.5 Å². The number of nitrogens with zero attached hydrogens (tertiary/aromatic N) is 2. The van der Waals surface area contributed by atoms with E-state index >= 15 is 0 Å². The lowest BCUT2D eigenvalue weighted by Gasteiger charge is -2.36. The first-order valence-corrected chi connectivity index (χ1v) is 9.23. The van der Waals surface area contributed by atoms with Crippen LogP contribution in [0.4, 0.5) is 0 Å². The number of halogens is 1. The van der Waals surface area contributed by atoms with Crippen molar-refractivity contribution >= 4 is 24.2 Å². The summed E-state index contributed by atoms with van der Waals surface area (Å²) in [6, 6.07) is 5.24. The van der Waals surface area contributed by atoms with Gasteiger partial charge in [0.1, 0.15) is 6.10 Å². The van der Waals surface area contributed by atoms with Gasteiger partial charge in [-0.3, -0.25) is 9.59 Å². The van der Waals surface area contributed by atoms with E-state index in [0.29, 0.717) is 56.2 Å². The van der Waals surface area contributed by atoms with Crippen LogP contribution >= 0.6 is 12.4 Å². The van der Waals surface area contributed by atoms with Crippen molar-refractivity contribution < 1.29 is 23.8 Å². The molecule has 0 bridgehead atoms. The maximum atomic E-state index is 12.9. The van der Waals surface area contributed by atoms with E-state index < -0.39 is 6.10 Å². The summed E-state index contributed by atoms with van der Waals surface area (Å²) in [4.78, 5) is 29.0. The van der Waals surface area contributed by atoms with Gasteiger partial charge in [-0.1, -0.05) is 6.07 Å². The topological polar surface area (TPSA) is 94.3 Å². The van der Waals surface area contributed by atoms with Gasteiger partial charge in [-0.05, 0) is 25.0 Å². The molecule has 2 atom stereocenters. The molecule has 28 heavy (non-hydrogen) atoms. The molecule has 156 valence electrons. The number of ether oxygens (including phenoxy) is 3. The highest BCUT2D eigenvalue weighted by molar-refractivity contribution is 5.98. The Labute approximate surface area is 171 Å². The van der Waals surface area contributed by atoms with Crippen LogP contribution in [0.1, 0.15) is 23.2 Å². The Morgan fingerprint density at radius 1 is 1.11 bits per heavy atom. The molecule has 1 aromatic carbocycles. The number of nitrogens with two attached hydrogens (primary N) is 1. The monoisotopic (exact) mass is 413 g/mol. The third-order valence-corrected chi connectivity index (χ3v) is 5.16. The van der Waals surface area contributed by atoms with Crippen LogP contribution in [0.5, 0.6) is 11.5 Å². The molecule has 2 heterocycles. The molecule has 8 nitrogen and oxygen atoms in total.